The van der Waals surface area contributed by atoms with Crippen LogP contribution in [-0.2, 0) is 12.1 Å². The molecule has 0 amide bonds. The minimum Gasteiger partial charge on any atom is -0.213 e. The predicted molar refractivity (Wildman–Crippen MR) is 86.1 cm³/mol. The van der Waals surface area contributed by atoms with Gasteiger partial charge in [-0.1, -0.05) is 41.1 Å². The second-order valence-electron chi connectivity index (χ2n) is 5.34. The lowest BCUT2D eigenvalue weighted by Gasteiger charge is -2.11. The maximum absolute atomic E-state index is 13.0. The summed E-state index contributed by atoms with van der Waals surface area (Å²) in [7, 11) is 0. The molecule has 0 saturated heterocycles. The van der Waals surface area contributed by atoms with Gasteiger partial charge in [0.2, 0.25) is 0 Å². The number of aryl methyl sites for hydroxylation is 1. The van der Waals surface area contributed by atoms with Crippen molar-refractivity contribution >= 4 is 11.6 Å². The van der Waals surface area contributed by atoms with E-state index in [4.69, 9.17) is 11.6 Å². The van der Waals surface area contributed by atoms with Crippen LogP contribution in [-0.4, -0.2) is 15.0 Å². The van der Waals surface area contributed by atoms with Crippen molar-refractivity contribution < 1.29 is 13.2 Å². The number of aromatic nitrogens is 3. The molecule has 0 aliphatic carbocycles. The Hall–Kier alpha value is -2.34. The highest BCUT2D eigenvalue weighted by atomic mass is 35.5. The highest BCUT2D eigenvalue weighted by Crippen LogP contribution is 2.32. The molecule has 1 aromatic heterocycles. The van der Waals surface area contributed by atoms with Crippen LogP contribution in [0.2, 0.25) is 0 Å². The molecule has 0 saturated carbocycles. The fraction of sp³-hybridized carbons (Fsp3) is 0.176. The smallest absolute Gasteiger partial charge is 0.213 e. The Morgan fingerprint density at radius 3 is 2.42 bits per heavy atom. The Balaban J connectivity index is 2.16. The van der Waals surface area contributed by atoms with E-state index in [9.17, 15) is 13.2 Å². The van der Waals surface area contributed by atoms with Crippen LogP contribution in [0.25, 0.3) is 16.9 Å². The summed E-state index contributed by atoms with van der Waals surface area (Å²) in [6.45, 7) is 1.95. The third kappa shape index (κ3) is 3.14. The van der Waals surface area contributed by atoms with Gasteiger partial charge in [-0.05, 0) is 25.1 Å². The normalized spacial score (nSPS) is 11.7. The first-order valence-corrected chi connectivity index (χ1v) is 7.69. The molecule has 0 fully saturated rings. The third-order valence-electron chi connectivity index (χ3n) is 3.61. The van der Waals surface area contributed by atoms with E-state index < -0.39 is 11.7 Å². The SMILES string of the molecule is Cc1ccc(-c2c(CCl)nnn2-c2cccc(C(F)(F)F)c2)cc1. The summed E-state index contributed by atoms with van der Waals surface area (Å²) in [5, 5.41) is 8.00. The van der Waals surface area contributed by atoms with Gasteiger partial charge in [0.25, 0.3) is 0 Å². The molecule has 0 aliphatic rings. The highest BCUT2D eigenvalue weighted by Gasteiger charge is 2.31. The van der Waals surface area contributed by atoms with Gasteiger partial charge in [-0.3, -0.25) is 0 Å². The largest absolute Gasteiger partial charge is 0.416 e. The van der Waals surface area contributed by atoms with Crippen LogP contribution in [0.5, 0.6) is 0 Å². The predicted octanol–water partition coefficient (Wildman–Crippen LogP) is 5.00. The minimum atomic E-state index is -4.42. The Morgan fingerprint density at radius 1 is 1.08 bits per heavy atom. The van der Waals surface area contributed by atoms with Gasteiger partial charge in [0.15, 0.2) is 0 Å². The number of benzene rings is 2. The van der Waals surface area contributed by atoms with Gasteiger partial charge in [0.05, 0.1) is 22.8 Å². The summed E-state index contributed by atoms with van der Waals surface area (Å²) in [6, 6.07) is 12.5. The average molecular weight is 352 g/mol. The van der Waals surface area contributed by atoms with Crippen LogP contribution >= 0.6 is 11.6 Å². The van der Waals surface area contributed by atoms with Crippen molar-refractivity contribution in [3.05, 3.63) is 65.4 Å². The van der Waals surface area contributed by atoms with Gasteiger partial charge in [-0.15, -0.1) is 16.7 Å². The summed E-state index contributed by atoms with van der Waals surface area (Å²) < 4.78 is 40.3. The maximum atomic E-state index is 13.0. The van der Waals surface area contributed by atoms with Gasteiger partial charge in [0.1, 0.15) is 5.69 Å². The van der Waals surface area contributed by atoms with E-state index >= 15 is 0 Å². The van der Waals surface area contributed by atoms with Crippen LogP contribution < -0.4 is 0 Å². The molecule has 0 spiro atoms. The summed E-state index contributed by atoms with van der Waals surface area (Å²) in [6.07, 6.45) is -4.42. The van der Waals surface area contributed by atoms with E-state index in [2.05, 4.69) is 10.3 Å². The summed E-state index contributed by atoms with van der Waals surface area (Å²) >= 11 is 5.92. The van der Waals surface area contributed by atoms with Crippen LogP contribution in [0.1, 0.15) is 16.8 Å². The minimum absolute atomic E-state index is 0.113. The van der Waals surface area contributed by atoms with Crippen molar-refractivity contribution in [3.63, 3.8) is 0 Å². The molecule has 3 aromatic rings. The zero-order chi connectivity index (χ0) is 17.3. The molecule has 0 unspecified atom stereocenters. The number of nitrogens with zero attached hydrogens (tertiary/aromatic N) is 3. The molecule has 0 radical (unpaired) electrons. The molecule has 0 aliphatic heterocycles. The van der Waals surface area contributed by atoms with Crippen molar-refractivity contribution in [2.45, 2.75) is 19.0 Å². The fourth-order valence-electron chi connectivity index (χ4n) is 2.40. The average Bonchev–Trinajstić information content (AvgIpc) is 2.99. The van der Waals surface area contributed by atoms with E-state index in [0.717, 1.165) is 23.3 Å². The molecule has 124 valence electrons. The molecule has 3 rings (SSSR count). The van der Waals surface area contributed by atoms with Gasteiger partial charge >= 0.3 is 6.18 Å². The second kappa shape index (κ2) is 6.28. The van der Waals surface area contributed by atoms with E-state index in [1.807, 2.05) is 31.2 Å². The van der Waals surface area contributed by atoms with Crippen LogP contribution in [0, 0.1) is 6.92 Å². The van der Waals surface area contributed by atoms with E-state index in [1.165, 1.54) is 10.7 Å². The lowest BCUT2D eigenvalue weighted by atomic mass is 10.1. The van der Waals surface area contributed by atoms with Crippen LogP contribution in [0.4, 0.5) is 13.2 Å². The number of rotatable bonds is 3. The summed E-state index contributed by atoms with van der Waals surface area (Å²) in [5.74, 6) is 0.113. The van der Waals surface area contributed by atoms with Gasteiger partial charge in [-0.2, -0.15) is 13.2 Å². The van der Waals surface area contributed by atoms with Crippen LogP contribution in [0.15, 0.2) is 48.5 Å². The molecule has 3 nitrogen and oxygen atoms in total. The Kier molecular flexibility index (Phi) is 4.32. The summed E-state index contributed by atoms with van der Waals surface area (Å²) in [5.41, 5.74) is 2.51. The topological polar surface area (TPSA) is 30.7 Å². The molecular formula is C17H13ClF3N3. The summed E-state index contributed by atoms with van der Waals surface area (Å²) in [4.78, 5) is 0. The van der Waals surface area contributed by atoms with E-state index in [-0.39, 0.29) is 11.6 Å². The first-order valence-electron chi connectivity index (χ1n) is 7.15. The standard InChI is InChI=1S/C17H13ClF3N3/c1-11-5-7-12(8-6-11)16-15(10-18)22-23-24(16)14-4-2-3-13(9-14)17(19,20)21/h2-9H,10H2,1H3. The van der Waals surface area contributed by atoms with Crippen molar-refractivity contribution in [2.24, 2.45) is 0 Å². The van der Waals surface area contributed by atoms with Gasteiger partial charge in [0, 0.05) is 5.56 Å². The Labute approximate surface area is 141 Å². The van der Waals surface area contributed by atoms with Gasteiger partial charge < -0.3 is 0 Å². The zero-order valence-corrected chi connectivity index (χ0v) is 13.4. The quantitative estimate of drug-likeness (QED) is 0.622. The van der Waals surface area contributed by atoms with Crippen LogP contribution in [0.3, 0.4) is 0 Å². The molecule has 0 bridgehead atoms. The first-order chi connectivity index (χ1) is 11.4. The number of halogens is 4. The number of hydrogen-bond donors (Lipinski definition) is 0. The lowest BCUT2D eigenvalue weighted by molar-refractivity contribution is -0.137. The number of alkyl halides is 4. The second-order valence-corrected chi connectivity index (χ2v) is 5.61. The lowest BCUT2D eigenvalue weighted by Crippen LogP contribution is -2.07. The van der Waals surface area contributed by atoms with Crippen molar-refractivity contribution in [3.8, 4) is 16.9 Å². The molecule has 0 N–H and O–H groups in total. The molecule has 1 heterocycles. The van der Waals surface area contributed by atoms with Crippen molar-refractivity contribution in [2.75, 3.05) is 0 Å². The first kappa shape index (κ1) is 16.5. The fourth-order valence-corrected chi connectivity index (χ4v) is 2.58. The monoisotopic (exact) mass is 351 g/mol. The molecular weight excluding hydrogens is 339 g/mol. The molecule has 2 aromatic carbocycles. The maximum Gasteiger partial charge on any atom is 0.416 e. The third-order valence-corrected chi connectivity index (χ3v) is 3.86. The zero-order valence-electron chi connectivity index (χ0n) is 12.7. The molecule has 0 atom stereocenters. The van der Waals surface area contributed by atoms with Gasteiger partial charge in [-0.25, -0.2) is 4.68 Å². The Morgan fingerprint density at radius 2 is 1.79 bits per heavy atom. The molecule has 7 heteroatoms. The Bertz CT molecular complexity index is 854. The van der Waals surface area contributed by atoms with Crippen molar-refractivity contribution in [1.82, 2.24) is 15.0 Å². The molecule has 24 heavy (non-hydrogen) atoms. The highest BCUT2D eigenvalue weighted by molar-refractivity contribution is 6.17. The number of hydrogen-bond acceptors (Lipinski definition) is 2. The van der Waals surface area contributed by atoms with E-state index in [1.54, 1.807) is 6.07 Å². The van der Waals surface area contributed by atoms with E-state index in [0.29, 0.717) is 11.4 Å². The van der Waals surface area contributed by atoms with Crippen molar-refractivity contribution in [1.29, 1.82) is 0 Å².